The minimum Gasteiger partial charge on any atom is -0.395 e. The topological polar surface area (TPSA) is 215 Å². The number of aryl methyl sites for hydroxylation is 2. The number of carbonyl (C=O) groups excluding carboxylic acids is 2. The first-order valence-electron chi connectivity index (χ1n) is 32.0. The van der Waals surface area contributed by atoms with Gasteiger partial charge in [-0.15, -0.1) is 0 Å². The maximum absolute atomic E-state index is 13.5. The van der Waals surface area contributed by atoms with Gasteiger partial charge in [0.1, 0.15) is 11.6 Å². The Kier molecular flexibility index (Phi) is 20.7. The van der Waals surface area contributed by atoms with Crippen molar-refractivity contribution in [2.75, 3.05) is 66.8 Å². The molecular formula is C71H85N11O8. The second-order valence-electron chi connectivity index (χ2n) is 24.2. The number of likely N-dealkylation sites (tertiary alicyclic amines) is 2. The molecule has 90 heavy (non-hydrogen) atoms. The zero-order chi connectivity index (χ0) is 62.7. The quantitative estimate of drug-likeness (QED) is 0.0486. The number of aliphatic hydroxyl groups excluding tert-OH is 2. The number of amides is 2. The van der Waals surface area contributed by atoms with E-state index in [0.717, 1.165) is 149 Å². The summed E-state index contributed by atoms with van der Waals surface area (Å²) in [4.78, 5) is 67.4. The van der Waals surface area contributed by atoms with E-state index in [-0.39, 0.29) is 79.7 Å². The van der Waals surface area contributed by atoms with Crippen molar-refractivity contribution in [2.24, 2.45) is 11.7 Å². The number of aromatic nitrogens is 8. The first kappa shape index (κ1) is 63.1. The summed E-state index contributed by atoms with van der Waals surface area (Å²) in [5.41, 5.74) is 17.3. The fourth-order valence-electron chi connectivity index (χ4n) is 13.6. The van der Waals surface area contributed by atoms with Crippen molar-refractivity contribution in [3.8, 4) is 11.4 Å². The molecule has 2 amide bonds. The third-order valence-electron chi connectivity index (χ3n) is 17.9. The minimum absolute atomic E-state index is 0.0779. The van der Waals surface area contributed by atoms with Crippen LogP contribution in [0.4, 0.5) is 0 Å². The number of hydrogen-bond acceptors (Lipinski definition) is 11. The highest BCUT2D eigenvalue weighted by Gasteiger charge is 2.31. The van der Waals surface area contributed by atoms with Crippen LogP contribution in [0, 0.1) is 5.92 Å². The van der Waals surface area contributed by atoms with Crippen molar-refractivity contribution in [2.45, 2.75) is 115 Å². The van der Waals surface area contributed by atoms with Crippen molar-refractivity contribution in [1.29, 1.82) is 0 Å². The Balaban J connectivity index is 0.000000185. The number of rotatable bonds is 24. The van der Waals surface area contributed by atoms with E-state index < -0.39 is 0 Å². The van der Waals surface area contributed by atoms with E-state index >= 15 is 0 Å². The molecule has 0 saturated carbocycles. The molecular weight excluding hydrogens is 1130 g/mol. The van der Waals surface area contributed by atoms with E-state index in [2.05, 4.69) is 46.4 Å². The van der Waals surface area contributed by atoms with Crippen molar-refractivity contribution in [3.63, 3.8) is 0 Å². The van der Waals surface area contributed by atoms with Crippen LogP contribution in [0.15, 0.2) is 155 Å². The summed E-state index contributed by atoms with van der Waals surface area (Å²) >= 11 is 0. The summed E-state index contributed by atoms with van der Waals surface area (Å²) in [5.74, 6) is 2.98. The second-order valence-corrected chi connectivity index (χ2v) is 24.2. The van der Waals surface area contributed by atoms with Gasteiger partial charge in [-0.05, 0) is 141 Å². The molecule has 6 aromatic carbocycles. The van der Waals surface area contributed by atoms with Crippen LogP contribution in [0.3, 0.4) is 0 Å². The number of imidazole rings is 4. The standard InChI is InChI=1S/C36H43N5O4.C35H42N6O4/c1-26(23-27-14-16-29(17-15-27)41-33-13-6-5-12-32(33)40(20-21-42)36(41)44)24-34(43)38-18-7-9-28(25-38)35-37-30-10-3-4-11-31(30)39(35)19-8-22-45-2;1-45-21-7-18-39-30-10-3-2-9-29(30)37-34(39)26-8-6-17-38(24-26)33(43)23-27(36)22-25-13-15-28(16-14-25)41-32-12-5-4-11-31(32)40(19-20-42)35(41)44/h3-6,10-17,26,28,42H,7-9,18-25H2,1-2H3;2-5,9-16,26-27,42H,6-8,17-24,36H2,1H3/t26-,28-;26-,27-/m11/s1. The Morgan fingerprint density at radius 1 is 0.522 bits per heavy atom. The maximum atomic E-state index is 13.5. The largest absolute Gasteiger partial charge is 0.395 e. The fourth-order valence-corrected chi connectivity index (χ4v) is 13.6. The molecule has 0 unspecified atom stereocenters. The molecule has 4 N–H and O–H groups in total. The van der Waals surface area contributed by atoms with E-state index in [9.17, 15) is 29.4 Å². The average Bonchev–Trinajstić information content (AvgIpc) is 1.73. The van der Waals surface area contributed by atoms with Crippen LogP contribution in [0.1, 0.15) is 92.9 Å². The number of fused-ring (bicyclic) bond motifs is 4. The molecule has 19 nitrogen and oxygen atoms in total. The predicted molar refractivity (Wildman–Crippen MR) is 353 cm³/mol. The molecule has 2 aliphatic rings. The number of piperidine rings is 2. The Bertz CT molecular complexity index is 3910. The smallest absolute Gasteiger partial charge is 0.333 e. The number of ether oxygens (including phenoxy) is 2. The summed E-state index contributed by atoms with van der Waals surface area (Å²) in [7, 11) is 3.46. The van der Waals surface area contributed by atoms with Crippen LogP contribution in [0.25, 0.3) is 55.5 Å². The van der Waals surface area contributed by atoms with Crippen LogP contribution in [0.2, 0.25) is 0 Å². The highest BCUT2D eigenvalue weighted by atomic mass is 16.5. The van der Waals surface area contributed by atoms with Gasteiger partial charge >= 0.3 is 11.4 Å². The second kappa shape index (κ2) is 29.4. The molecule has 0 radical (unpaired) electrons. The summed E-state index contributed by atoms with van der Waals surface area (Å²) in [6.07, 6.45) is 7.85. The average molecular weight is 1220 g/mol. The molecule has 472 valence electrons. The normalized spacial score (nSPS) is 16.1. The van der Waals surface area contributed by atoms with E-state index in [1.165, 1.54) is 0 Å². The molecule has 12 rings (SSSR count). The summed E-state index contributed by atoms with van der Waals surface area (Å²) in [5, 5.41) is 19.0. The van der Waals surface area contributed by atoms with E-state index in [1.54, 1.807) is 32.5 Å². The molecule has 19 heteroatoms. The maximum Gasteiger partial charge on any atom is 0.333 e. The van der Waals surface area contributed by atoms with E-state index in [1.807, 2.05) is 125 Å². The first-order valence-corrected chi connectivity index (χ1v) is 32.0. The lowest BCUT2D eigenvalue weighted by molar-refractivity contribution is -0.133. The molecule has 10 aromatic rings. The minimum atomic E-state index is -0.323. The Hall–Kier alpha value is -8.46. The number of para-hydroxylation sites is 8. The SMILES string of the molecule is COCCCn1c([C@@H]2CCCN(C(=O)C[C@H](C)Cc3ccc(-n4c(=O)n(CCO)c5ccccc54)cc3)C2)nc2ccccc21.COCCCn1c([C@@H]2CCCN(C(=O)C[C@H](N)Cc3ccc(-n4c(=O)n(CCO)c5ccccc54)cc3)C2)nc2ccccc21. The van der Waals surface area contributed by atoms with Gasteiger partial charge in [0.05, 0.1) is 81.8 Å². The first-order chi connectivity index (χ1) is 44.0. The molecule has 2 saturated heterocycles. The molecule has 0 aliphatic carbocycles. The molecule has 2 aliphatic heterocycles. The van der Waals surface area contributed by atoms with Crippen molar-refractivity contribution in [3.05, 3.63) is 189 Å². The number of benzene rings is 6. The van der Waals surface area contributed by atoms with Gasteiger partial charge in [-0.25, -0.2) is 19.6 Å². The van der Waals surface area contributed by atoms with E-state index in [4.69, 9.17) is 25.2 Å². The molecule has 0 spiro atoms. The number of methoxy groups -OCH3 is 2. The van der Waals surface area contributed by atoms with Crippen molar-refractivity contribution >= 4 is 55.9 Å². The Morgan fingerprint density at radius 2 is 0.922 bits per heavy atom. The predicted octanol–water partition coefficient (Wildman–Crippen LogP) is 8.98. The molecule has 2 fully saturated rings. The van der Waals surface area contributed by atoms with Crippen LogP contribution in [-0.2, 0) is 58.1 Å². The lowest BCUT2D eigenvalue weighted by Crippen LogP contribution is -2.42. The number of hydrogen-bond donors (Lipinski definition) is 3. The monoisotopic (exact) mass is 1220 g/mol. The third-order valence-corrected chi connectivity index (χ3v) is 17.9. The van der Waals surface area contributed by atoms with Crippen LogP contribution < -0.4 is 17.1 Å². The number of carbonyl (C=O) groups is 2. The zero-order valence-electron chi connectivity index (χ0n) is 52.1. The Labute approximate surface area is 524 Å². The van der Waals surface area contributed by atoms with Crippen LogP contribution in [0.5, 0.6) is 0 Å². The summed E-state index contributed by atoms with van der Waals surface area (Å²) in [6, 6.07) is 47.2. The van der Waals surface area contributed by atoms with E-state index in [0.29, 0.717) is 39.1 Å². The van der Waals surface area contributed by atoms with Gasteiger partial charge < -0.3 is 44.4 Å². The molecule has 6 heterocycles. The zero-order valence-corrected chi connectivity index (χ0v) is 52.1. The van der Waals surface area contributed by atoms with Gasteiger partial charge in [0.2, 0.25) is 11.8 Å². The van der Waals surface area contributed by atoms with Crippen LogP contribution in [-0.4, -0.2) is 142 Å². The van der Waals surface area contributed by atoms with Gasteiger partial charge in [-0.2, -0.15) is 0 Å². The fraction of sp³-hybridized carbons (Fsp3) is 0.408. The lowest BCUT2D eigenvalue weighted by atomic mass is 9.94. The summed E-state index contributed by atoms with van der Waals surface area (Å²) in [6.45, 7) is 8.36. The highest BCUT2D eigenvalue weighted by Crippen LogP contribution is 2.33. The molecule has 0 bridgehead atoms. The molecule has 4 atom stereocenters. The van der Waals surface area contributed by atoms with Crippen molar-refractivity contribution < 1.29 is 29.3 Å². The van der Waals surface area contributed by atoms with Gasteiger partial charge in [-0.3, -0.25) is 27.9 Å². The van der Waals surface area contributed by atoms with Crippen LogP contribution >= 0.6 is 0 Å². The van der Waals surface area contributed by atoms with Gasteiger partial charge in [-0.1, -0.05) is 79.7 Å². The summed E-state index contributed by atoms with van der Waals surface area (Å²) < 4.78 is 21.8. The van der Waals surface area contributed by atoms with Gasteiger partial charge in [0, 0.05) is 97.4 Å². The Morgan fingerprint density at radius 3 is 1.36 bits per heavy atom. The molecule has 4 aromatic heterocycles. The third kappa shape index (κ3) is 14.0. The lowest BCUT2D eigenvalue weighted by Gasteiger charge is -2.33. The van der Waals surface area contributed by atoms with Gasteiger partial charge in [0.15, 0.2) is 0 Å². The van der Waals surface area contributed by atoms with Crippen molar-refractivity contribution in [1.82, 2.24) is 47.2 Å². The number of nitrogens with zero attached hydrogens (tertiary/aromatic N) is 10. The number of aliphatic hydroxyl groups is 2. The number of nitrogens with two attached hydrogens (primary N) is 1. The highest BCUT2D eigenvalue weighted by molar-refractivity contribution is 5.81. The van der Waals surface area contributed by atoms with Gasteiger partial charge in [0.25, 0.3) is 0 Å².